The van der Waals surface area contributed by atoms with Gasteiger partial charge in [0.05, 0.1) is 23.3 Å². The molecule has 2 heterocycles. The Labute approximate surface area is 159 Å². The summed E-state index contributed by atoms with van der Waals surface area (Å²) in [6.45, 7) is 0. The van der Waals surface area contributed by atoms with Crippen molar-refractivity contribution in [2.24, 2.45) is 0 Å². The van der Waals surface area contributed by atoms with Crippen LogP contribution in [0.15, 0.2) is 60.9 Å². The van der Waals surface area contributed by atoms with E-state index in [1.807, 2.05) is 18.2 Å². The first kappa shape index (κ1) is 17.2. The standard InChI is InChI=1S/C20H14ClFN4O/c1-27-13-7-8-17-14(10-13)20(25-18-15(21)5-2-6-16(18)22)26-19(24-17)12-4-3-9-23-11-12/h2-11H,1H3,(H,24,25,26). The number of nitrogens with zero attached hydrogens (tertiary/aromatic N) is 3. The van der Waals surface area contributed by atoms with Gasteiger partial charge < -0.3 is 10.1 Å². The van der Waals surface area contributed by atoms with Crippen molar-refractivity contribution in [3.8, 4) is 17.1 Å². The Morgan fingerprint density at radius 3 is 2.70 bits per heavy atom. The van der Waals surface area contributed by atoms with E-state index in [9.17, 15) is 4.39 Å². The van der Waals surface area contributed by atoms with Crippen molar-refractivity contribution in [2.75, 3.05) is 12.4 Å². The van der Waals surface area contributed by atoms with Gasteiger partial charge in [-0.15, -0.1) is 0 Å². The Hall–Kier alpha value is -3.25. The third-order valence-electron chi connectivity index (χ3n) is 4.03. The van der Waals surface area contributed by atoms with Crippen LogP contribution in [0.4, 0.5) is 15.9 Å². The van der Waals surface area contributed by atoms with Crippen LogP contribution in [-0.4, -0.2) is 22.1 Å². The summed E-state index contributed by atoms with van der Waals surface area (Å²) < 4.78 is 19.6. The molecule has 0 bridgehead atoms. The van der Waals surface area contributed by atoms with Crippen molar-refractivity contribution in [3.63, 3.8) is 0 Å². The average Bonchev–Trinajstić information content (AvgIpc) is 2.71. The number of hydrogen-bond acceptors (Lipinski definition) is 5. The summed E-state index contributed by atoms with van der Waals surface area (Å²) in [5.74, 6) is 1.06. The highest BCUT2D eigenvalue weighted by Crippen LogP contribution is 2.33. The molecular weight excluding hydrogens is 367 g/mol. The number of para-hydroxylation sites is 1. The van der Waals surface area contributed by atoms with Crippen LogP contribution in [0.1, 0.15) is 0 Å². The summed E-state index contributed by atoms with van der Waals surface area (Å²) in [4.78, 5) is 13.3. The second kappa shape index (κ2) is 7.17. The van der Waals surface area contributed by atoms with E-state index in [0.29, 0.717) is 28.3 Å². The van der Waals surface area contributed by atoms with E-state index in [0.717, 1.165) is 5.56 Å². The number of pyridine rings is 1. The first-order chi connectivity index (χ1) is 13.2. The predicted octanol–water partition coefficient (Wildman–Crippen LogP) is 5.24. The Bertz CT molecular complexity index is 1100. The molecule has 0 unspecified atom stereocenters. The summed E-state index contributed by atoms with van der Waals surface area (Å²) >= 11 is 6.17. The van der Waals surface area contributed by atoms with Gasteiger partial charge in [-0.25, -0.2) is 14.4 Å². The Morgan fingerprint density at radius 2 is 1.96 bits per heavy atom. The third-order valence-corrected chi connectivity index (χ3v) is 4.34. The summed E-state index contributed by atoms with van der Waals surface area (Å²) in [6.07, 6.45) is 3.35. The third kappa shape index (κ3) is 3.39. The maximum absolute atomic E-state index is 14.3. The van der Waals surface area contributed by atoms with E-state index >= 15 is 0 Å². The van der Waals surface area contributed by atoms with Crippen LogP contribution in [0.5, 0.6) is 5.75 Å². The number of methoxy groups -OCH3 is 1. The molecule has 0 amide bonds. The lowest BCUT2D eigenvalue weighted by Crippen LogP contribution is -2.02. The van der Waals surface area contributed by atoms with Gasteiger partial charge in [0.15, 0.2) is 5.82 Å². The first-order valence-corrected chi connectivity index (χ1v) is 8.51. The van der Waals surface area contributed by atoms with Crippen LogP contribution in [0.2, 0.25) is 5.02 Å². The van der Waals surface area contributed by atoms with Gasteiger partial charge in [0.25, 0.3) is 0 Å². The van der Waals surface area contributed by atoms with E-state index in [4.69, 9.17) is 16.3 Å². The average molecular weight is 381 g/mol. The number of aromatic nitrogens is 3. The lowest BCUT2D eigenvalue weighted by Gasteiger charge is -2.13. The van der Waals surface area contributed by atoms with Crippen molar-refractivity contribution in [1.82, 2.24) is 15.0 Å². The molecule has 0 aliphatic heterocycles. The maximum atomic E-state index is 14.3. The molecule has 0 radical (unpaired) electrons. The number of benzene rings is 2. The molecule has 0 fully saturated rings. The number of hydrogen-bond donors (Lipinski definition) is 1. The van der Waals surface area contributed by atoms with E-state index < -0.39 is 5.82 Å². The fourth-order valence-corrected chi connectivity index (χ4v) is 2.90. The zero-order valence-corrected chi connectivity index (χ0v) is 15.0. The highest BCUT2D eigenvalue weighted by Gasteiger charge is 2.14. The lowest BCUT2D eigenvalue weighted by atomic mass is 10.2. The molecule has 0 aliphatic carbocycles. The molecule has 0 saturated heterocycles. The fourth-order valence-electron chi connectivity index (χ4n) is 2.69. The van der Waals surface area contributed by atoms with Crippen LogP contribution in [0, 0.1) is 5.82 Å². The van der Waals surface area contributed by atoms with Gasteiger partial charge in [0, 0.05) is 23.3 Å². The van der Waals surface area contributed by atoms with Gasteiger partial charge in [-0.3, -0.25) is 4.98 Å². The molecule has 27 heavy (non-hydrogen) atoms. The highest BCUT2D eigenvalue weighted by molar-refractivity contribution is 6.33. The van der Waals surface area contributed by atoms with Gasteiger partial charge in [-0.05, 0) is 42.5 Å². The number of fused-ring (bicyclic) bond motifs is 1. The van der Waals surface area contributed by atoms with E-state index in [1.54, 1.807) is 43.8 Å². The van der Waals surface area contributed by atoms with Gasteiger partial charge >= 0.3 is 0 Å². The zero-order valence-electron chi connectivity index (χ0n) is 14.3. The van der Waals surface area contributed by atoms with Gasteiger partial charge in [-0.1, -0.05) is 17.7 Å². The Kier molecular flexibility index (Phi) is 4.56. The molecular formula is C20H14ClFN4O. The molecule has 2 aromatic carbocycles. The molecule has 2 aromatic heterocycles. The normalized spacial score (nSPS) is 10.8. The van der Waals surface area contributed by atoms with Crippen molar-refractivity contribution < 1.29 is 9.13 Å². The van der Waals surface area contributed by atoms with Crippen molar-refractivity contribution in [3.05, 3.63) is 71.8 Å². The monoisotopic (exact) mass is 380 g/mol. The minimum absolute atomic E-state index is 0.152. The molecule has 4 aromatic rings. The summed E-state index contributed by atoms with van der Waals surface area (Å²) in [7, 11) is 1.58. The predicted molar refractivity (Wildman–Crippen MR) is 104 cm³/mol. The number of anilines is 2. The fraction of sp³-hybridized carbons (Fsp3) is 0.0500. The molecule has 0 aliphatic rings. The van der Waals surface area contributed by atoms with Crippen molar-refractivity contribution in [2.45, 2.75) is 0 Å². The van der Waals surface area contributed by atoms with E-state index in [-0.39, 0.29) is 10.7 Å². The molecule has 5 nitrogen and oxygen atoms in total. The smallest absolute Gasteiger partial charge is 0.163 e. The second-order valence-corrected chi connectivity index (χ2v) is 6.15. The summed E-state index contributed by atoms with van der Waals surface area (Å²) in [5.41, 5.74) is 1.58. The topological polar surface area (TPSA) is 59.9 Å². The van der Waals surface area contributed by atoms with Crippen LogP contribution < -0.4 is 10.1 Å². The van der Waals surface area contributed by atoms with Crippen LogP contribution in [0.25, 0.3) is 22.3 Å². The highest BCUT2D eigenvalue weighted by atomic mass is 35.5. The quantitative estimate of drug-likeness (QED) is 0.525. The number of rotatable bonds is 4. The van der Waals surface area contributed by atoms with Crippen LogP contribution >= 0.6 is 11.6 Å². The SMILES string of the molecule is COc1ccc2nc(-c3cccnc3)nc(Nc3c(F)cccc3Cl)c2c1. The molecule has 134 valence electrons. The van der Waals surface area contributed by atoms with Crippen LogP contribution in [-0.2, 0) is 0 Å². The molecule has 7 heteroatoms. The molecule has 0 spiro atoms. The number of nitrogens with one attached hydrogen (secondary N) is 1. The molecule has 1 N–H and O–H groups in total. The van der Waals surface area contributed by atoms with Crippen molar-refractivity contribution >= 4 is 34.0 Å². The van der Waals surface area contributed by atoms with E-state index in [1.165, 1.54) is 6.07 Å². The zero-order chi connectivity index (χ0) is 18.8. The minimum Gasteiger partial charge on any atom is -0.497 e. The molecule has 0 atom stereocenters. The van der Waals surface area contributed by atoms with Gasteiger partial charge in [0.1, 0.15) is 17.4 Å². The molecule has 4 rings (SSSR count). The molecule has 0 saturated carbocycles. The van der Waals surface area contributed by atoms with Gasteiger partial charge in [-0.2, -0.15) is 0 Å². The van der Waals surface area contributed by atoms with E-state index in [2.05, 4.69) is 20.3 Å². The van der Waals surface area contributed by atoms with Gasteiger partial charge in [0.2, 0.25) is 0 Å². The Morgan fingerprint density at radius 1 is 1.07 bits per heavy atom. The van der Waals surface area contributed by atoms with Crippen molar-refractivity contribution in [1.29, 1.82) is 0 Å². The lowest BCUT2D eigenvalue weighted by molar-refractivity contribution is 0.415. The minimum atomic E-state index is -0.472. The van der Waals surface area contributed by atoms with Crippen LogP contribution in [0.3, 0.4) is 0 Å². The maximum Gasteiger partial charge on any atom is 0.163 e. The Balaban J connectivity index is 1.93. The summed E-state index contributed by atoms with van der Waals surface area (Å²) in [6, 6.07) is 13.6. The number of halogens is 2. The largest absolute Gasteiger partial charge is 0.497 e. The first-order valence-electron chi connectivity index (χ1n) is 8.13. The summed E-state index contributed by atoms with van der Waals surface area (Å²) in [5, 5.41) is 3.95. The second-order valence-electron chi connectivity index (χ2n) is 5.74. The number of ether oxygens (including phenoxy) is 1.